The number of rotatable bonds is 6. The van der Waals surface area contributed by atoms with Gasteiger partial charge in [0.1, 0.15) is 11.4 Å². The van der Waals surface area contributed by atoms with Crippen molar-refractivity contribution >= 4 is 11.7 Å². The summed E-state index contributed by atoms with van der Waals surface area (Å²) in [6.45, 7) is 0. The molecular formula is C27H21F4N3O. The van der Waals surface area contributed by atoms with Crippen LogP contribution in [0.3, 0.4) is 0 Å². The van der Waals surface area contributed by atoms with Crippen molar-refractivity contribution in [2.75, 3.05) is 5.32 Å². The maximum Gasteiger partial charge on any atom is 0.418 e. The molecule has 178 valence electrons. The van der Waals surface area contributed by atoms with Crippen molar-refractivity contribution in [1.29, 1.82) is 0 Å². The fourth-order valence-corrected chi connectivity index (χ4v) is 3.97. The molecule has 3 aromatic carbocycles. The molecule has 1 unspecified atom stereocenters. The van der Waals surface area contributed by atoms with Crippen molar-refractivity contribution in [2.45, 2.75) is 18.1 Å². The average Bonchev–Trinajstić information content (AvgIpc) is 2.86. The van der Waals surface area contributed by atoms with Crippen LogP contribution in [0.5, 0.6) is 0 Å². The molecule has 4 nitrogen and oxygen atoms in total. The van der Waals surface area contributed by atoms with Crippen molar-refractivity contribution in [2.24, 2.45) is 0 Å². The summed E-state index contributed by atoms with van der Waals surface area (Å²) in [7, 11) is 0. The van der Waals surface area contributed by atoms with E-state index in [0.29, 0.717) is 17.3 Å². The van der Waals surface area contributed by atoms with Crippen LogP contribution in [0.1, 0.15) is 22.4 Å². The van der Waals surface area contributed by atoms with Gasteiger partial charge in [0.2, 0.25) is 0 Å². The molecule has 35 heavy (non-hydrogen) atoms. The number of hydrogen-bond donors (Lipinski definition) is 2. The Kier molecular flexibility index (Phi) is 6.82. The van der Waals surface area contributed by atoms with Gasteiger partial charge in [0.05, 0.1) is 16.9 Å². The van der Waals surface area contributed by atoms with Gasteiger partial charge in [0, 0.05) is 12.6 Å². The van der Waals surface area contributed by atoms with Gasteiger partial charge >= 0.3 is 12.2 Å². The number of alkyl halides is 3. The molecule has 0 saturated heterocycles. The SMILES string of the molecule is O=C(Nc1ccc(F)cc1C(F)(F)F)NC(Cc1ccccc1)(c1ccccc1)c1ccccn1. The first-order chi connectivity index (χ1) is 16.8. The second kappa shape index (κ2) is 9.97. The minimum Gasteiger partial charge on any atom is -0.322 e. The Morgan fingerprint density at radius 3 is 2.11 bits per heavy atom. The smallest absolute Gasteiger partial charge is 0.322 e. The second-order valence-corrected chi connectivity index (χ2v) is 7.92. The van der Waals surface area contributed by atoms with E-state index in [2.05, 4.69) is 15.6 Å². The van der Waals surface area contributed by atoms with Crippen LogP contribution in [-0.2, 0) is 18.1 Å². The fraction of sp³-hybridized carbons (Fsp3) is 0.111. The van der Waals surface area contributed by atoms with E-state index >= 15 is 0 Å². The average molecular weight is 479 g/mol. The van der Waals surface area contributed by atoms with Crippen molar-refractivity contribution < 1.29 is 22.4 Å². The second-order valence-electron chi connectivity index (χ2n) is 7.92. The lowest BCUT2D eigenvalue weighted by Gasteiger charge is -2.35. The molecule has 0 radical (unpaired) electrons. The molecule has 1 heterocycles. The Morgan fingerprint density at radius 2 is 1.49 bits per heavy atom. The molecule has 2 N–H and O–H groups in total. The van der Waals surface area contributed by atoms with E-state index in [-0.39, 0.29) is 6.42 Å². The molecule has 0 aliphatic rings. The first kappa shape index (κ1) is 23.9. The van der Waals surface area contributed by atoms with Gasteiger partial charge in [-0.05, 0) is 41.5 Å². The molecule has 0 aliphatic heterocycles. The number of aromatic nitrogens is 1. The van der Waals surface area contributed by atoms with Crippen LogP contribution in [0.15, 0.2) is 103 Å². The monoisotopic (exact) mass is 479 g/mol. The molecule has 8 heteroatoms. The molecule has 0 aliphatic carbocycles. The Hall–Kier alpha value is -4.20. The number of pyridine rings is 1. The normalized spacial score (nSPS) is 13.0. The summed E-state index contributed by atoms with van der Waals surface area (Å²) < 4.78 is 54.0. The summed E-state index contributed by atoms with van der Waals surface area (Å²) in [5, 5.41) is 5.14. The number of carbonyl (C=O) groups excluding carboxylic acids is 1. The number of urea groups is 1. The van der Waals surface area contributed by atoms with Gasteiger partial charge in [0.15, 0.2) is 0 Å². The number of amides is 2. The number of hydrogen-bond acceptors (Lipinski definition) is 2. The van der Waals surface area contributed by atoms with Gasteiger partial charge in [-0.3, -0.25) is 4.98 Å². The van der Waals surface area contributed by atoms with E-state index in [9.17, 15) is 22.4 Å². The Balaban J connectivity index is 1.78. The number of benzene rings is 3. The first-order valence-electron chi connectivity index (χ1n) is 10.7. The number of carbonyl (C=O) groups is 1. The van der Waals surface area contributed by atoms with Crippen LogP contribution in [0.2, 0.25) is 0 Å². The maximum absolute atomic E-state index is 13.5. The molecule has 1 atom stereocenters. The van der Waals surface area contributed by atoms with E-state index in [1.165, 1.54) is 0 Å². The van der Waals surface area contributed by atoms with E-state index in [0.717, 1.165) is 17.7 Å². The minimum absolute atomic E-state index is 0.276. The highest BCUT2D eigenvalue weighted by atomic mass is 19.4. The molecule has 0 spiro atoms. The quantitative estimate of drug-likeness (QED) is 0.308. The predicted molar refractivity (Wildman–Crippen MR) is 125 cm³/mol. The molecule has 4 aromatic rings. The zero-order valence-electron chi connectivity index (χ0n) is 18.4. The summed E-state index contributed by atoms with van der Waals surface area (Å²) in [5.41, 5.74) is -0.988. The van der Waals surface area contributed by atoms with Crippen molar-refractivity contribution in [3.8, 4) is 0 Å². The third-order valence-corrected chi connectivity index (χ3v) is 5.54. The Morgan fingerprint density at radius 1 is 0.829 bits per heavy atom. The van der Waals surface area contributed by atoms with E-state index in [4.69, 9.17) is 0 Å². The van der Waals surface area contributed by atoms with Crippen LogP contribution in [0.25, 0.3) is 0 Å². The Labute approximate surface area is 199 Å². The summed E-state index contributed by atoms with van der Waals surface area (Å²) in [6.07, 6.45) is -3.00. The van der Waals surface area contributed by atoms with Crippen molar-refractivity contribution in [3.05, 3.63) is 131 Å². The van der Waals surface area contributed by atoms with E-state index in [1.54, 1.807) is 36.5 Å². The van der Waals surface area contributed by atoms with Gasteiger partial charge in [-0.2, -0.15) is 13.2 Å². The number of halogens is 4. The largest absolute Gasteiger partial charge is 0.418 e. The first-order valence-corrected chi connectivity index (χ1v) is 10.7. The van der Waals surface area contributed by atoms with Gasteiger partial charge < -0.3 is 10.6 Å². The third kappa shape index (κ3) is 5.48. The summed E-state index contributed by atoms with van der Waals surface area (Å²) >= 11 is 0. The molecule has 0 saturated carbocycles. The van der Waals surface area contributed by atoms with Crippen LogP contribution in [0, 0.1) is 5.82 Å². The number of anilines is 1. The van der Waals surface area contributed by atoms with Gasteiger partial charge in [-0.1, -0.05) is 66.7 Å². The van der Waals surface area contributed by atoms with Gasteiger partial charge in [0.25, 0.3) is 0 Å². The molecule has 2 amide bonds. The summed E-state index contributed by atoms with van der Waals surface area (Å²) in [6, 6.07) is 24.9. The van der Waals surface area contributed by atoms with Crippen molar-refractivity contribution in [3.63, 3.8) is 0 Å². The van der Waals surface area contributed by atoms with Gasteiger partial charge in [-0.15, -0.1) is 0 Å². The zero-order valence-corrected chi connectivity index (χ0v) is 18.4. The van der Waals surface area contributed by atoms with Crippen LogP contribution < -0.4 is 10.6 Å². The lowest BCUT2D eigenvalue weighted by Crippen LogP contribution is -2.50. The molecule has 1 aromatic heterocycles. The highest BCUT2D eigenvalue weighted by Gasteiger charge is 2.39. The fourth-order valence-electron chi connectivity index (χ4n) is 3.97. The molecule has 4 rings (SSSR count). The molecule has 0 fully saturated rings. The molecule has 0 bridgehead atoms. The maximum atomic E-state index is 13.5. The third-order valence-electron chi connectivity index (χ3n) is 5.54. The lowest BCUT2D eigenvalue weighted by atomic mass is 9.80. The molecular weight excluding hydrogens is 458 g/mol. The van der Waals surface area contributed by atoms with Crippen LogP contribution >= 0.6 is 0 Å². The Bertz CT molecular complexity index is 1240. The highest BCUT2D eigenvalue weighted by Crippen LogP contribution is 2.36. The minimum atomic E-state index is -4.85. The van der Waals surface area contributed by atoms with Crippen LogP contribution in [-0.4, -0.2) is 11.0 Å². The highest BCUT2D eigenvalue weighted by molar-refractivity contribution is 5.91. The predicted octanol–water partition coefficient (Wildman–Crippen LogP) is 6.55. The van der Waals surface area contributed by atoms with E-state index in [1.807, 2.05) is 48.5 Å². The summed E-state index contributed by atoms with van der Waals surface area (Å²) in [5.74, 6) is -1.06. The van der Waals surface area contributed by atoms with E-state index < -0.39 is 34.8 Å². The van der Waals surface area contributed by atoms with Crippen molar-refractivity contribution in [1.82, 2.24) is 10.3 Å². The van der Waals surface area contributed by atoms with Gasteiger partial charge in [-0.25, -0.2) is 9.18 Å². The summed E-state index contributed by atoms with van der Waals surface area (Å²) in [4.78, 5) is 17.7. The standard InChI is InChI=1S/C27H21F4N3O/c28-21-14-15-23(22(17-21)27(29,30)31)33-25(35)34-26(20-11-5-2-6-12-20,24-13-7-8-16-32-24)18-19-9-3-1-4-10-19/h1-17H,18H2,(H2,33,34,35). The topological polar surface area (TPSA) is 54.0 Å². The zero-order chi connectivity index (χ0) is 24.9. The number of nitrogens with zero attached hydrogens (tertiary/aromatic N) is 1. The number of nitrogens with one attached hydrogen (secondary N) is 2. The van der Waals surface area contributed by atoms with Crippen LogP contribution in [0.4, 0.5) is 28.0 Å². The lowest BCUT2D eigenvalue weighted by molar-refractivity contribution is -0.137.